The van der Waals surface area contributed by atoms with Crippen molar-refractivity contribution in [1.29, 1.82) is 0 Å². The monoisotopic (exact) mass is 298 g/mol. The van der Waals surface area contributed by atoms with Crippen LogP contribution >= 0.6 is 27.3 Å². The second-order valence-corrected chi connectivity index (χ2v) is 5.22. The summed E-state index contributed by atoms with van der Waals surface area (Å²) in [5, 5.41) is 3.68. The number of anilines is 1. The average Bonchev–Trinajstić information content (AvgIpc) is 2.58. The van der Waals surface area contributed by atoms with Gasteiger partial charge in [-0.05, 0) is 19.1 Å². The van der Waals surface area contributed by atoms with Crippen LogP contribution in [0.15, 0.2) is 22.7 Å². The highest BCUT2D eigenvalue weighted by Crippen LogP contribution is 2.37. The Balaban J connectivity index is 2.61. The Labute approximate surface area is 106 Å². The molecular weight excluding hydrogens is 288 g/mol. The number of rotatable bonds is 2. The number of nitrogen functional groups attached to an aromatic ring is 1. The summed E-state index contributed by atoms with van der Waals surface area (Å²) in [5.41, 5.74) is 6.54. The van der Waals surface area contributed by atoms with E-state index < -0.39 is 0 Å². The quantitative estimate of drug-likeness (QED) is 0.895. The van der Waals surface area contributed by atoms with E-state index in [0.717, 1.165) is 14.6 Å². The molecule has 0 aliphatic heterocycles. The van der Waals surface area contributed by atoms with Crippen LogP contribution in [0, 0.1) is 0 Å². The molecule has 5 heteroatoms. The topological polar surface area (TPSA) is 55.1 Å². The highest BCUT2D eigenvalue weighted by Gasteiger charge is 2.16. The van der Waals surface area contributed by atoms with E-state index in [4.69, 9.17) is 5.73 Å². The zero-order valence-corrected chi connectivity index (χ0v) is 11.1. The number of hydrogen-bond acceptors (Lipinski definition) is 3. The molecule has 16 heavy (non-hydrogen) atoms. The molecule has 1 aromatic heterocycles. The number of nitrogens with two attached hydrogens (primary N) is 1. The van der Waals surface area contributed by atoms with E-state index in [-0.39, 0.29) is 5.91 Å². The van der Waals surface area contributed by atoms with Crippen molar-refractivity contribution in [2.24, 2.45) is 0 Å². The Kier molecular flexibility index (Phi) is 3.16. The number of nitrogens with one attached hydrogen (secondary N) is 1. The Hall–Kier alpha value is -1.07. The Morgan fingerprint density at radius 1 is 1.56 bits per heavy atom. The molecule has 0 spiro atoms. The molecule has 2 aromatic rings. The van der Waals surface area contributed by atoms with Crippen molar-refractivity contribution in [2.75, 3.05) is 12.3 Å². The van der Waals surface area contributed by atoms with E-state index in [9.17, 15) is 4.79 Å². The minimum Gasteiger partial charge on any atom is -0.397 e. The summed E-state index contributed by atoms with van der Waals surface area (Å²) in [5.74, 6) is -0.104. The Bertz CT molecular complexity index is 550. The summed E-state index contributed by atoms with van der Waals surface area (Å²) in [7, 11) is 0. The fourth-order valence-corrected chi connectivity index (χ4v) is 3.32. The third-order valence-electron chi connectivity index (χ3n) is 2.24. The summed E-state index contributed by atoms with van der Waals surface area (Å²) < 4.78 is 1.95. The van der Waals surface area contributed by atoms with Crippen molar-refractivity contribution in [3.05, 3.63) is 27.5 Å². The summed E-state index contributed by atoms with van der Waals surface area (Å²) in [6.07, 6.45) is 0. The predicted molar refractivity (Wildman–Crippen MR) is 71.9 cm³/mol. The second kappa shape index (κ2) is 4.43. The van der Waals surface area contributed by atoms with Crippen LogP contribution < -0.4 is 11.1 Å². The van der Waals surface area contributed by atoms with Crippen LogP contribution in [0.5, 0.6) is 0 Å². The fraction of sp³-hybridized carbons (Fsp3) is 0.182. The van der Waals surface area contributed by atoms with Gasteiger partial charge in [0.15, 0.2) is 0 Å². The number of thiophene rings is 1. The van der Waals surface area contributed by atoms with Gasteiger partial charge in [0.2, 0.25) is 0 Å². The normalized spacial score (nSPS) is 10.6. The van der Waals surface area contributed by atoms with Gasteiger partial charge in [-0.15, -0.1) is 11.3 Å². The van der Waals surface area contributed by atoms with Gasteiger partial charge in [-0.3, -0.25) is 4.79 Å². The lowest BCUT2D eigenvalue weighted by atomic mass is 10.2. The first-order valence-corrected chi connectivity index (χ1v) is 6.50. The number of halogens is 1. The second-order valence-electron chi connectivity index (χ2n) is 3.32. The van der Waals surface area contributed by atoms with E-state index in [1.54, 1.807) is 0 Å². The number of fused-ring (bicyclic) bond motifs is 1. The molecule has 3 nitrogen and oxygen atoms in total. The number of carbonyl (C=O) groups is 1. The molecule has 0 radical (unpaired) electrons. The van der Waals surface area contributed by atoms with E-state index in [0.29, 0.717) is 17.1 Å². The molecule has 0 unspecified atom stereocenters. The maximum Gasteiger partial charge on any atom is 0.263 e. The van der Waals surface area contributed by atoms with Crippen LogP contribution in [-0.4, -0.2) is 12.5 Å². The maximum atomic E-state index is 11.8. The third kappa shape index (κ3) is 1.81. The number of carbonyl (C=O) groups excluding carboxylic acids is 1. The van der Waals surface area contributed by atoms with Gasteiger partial charge in [0.25, 0.3) is 5.91 Å². The van der Waals surface area contributed by atoms with E-state index in [2.05, 4.69) is 21.2 Å². The third-order valence-corrected chi connectivity index (χ3v) is 4.08. The molecule has 1 aromatic carbocycles. The summed E-state index contributed by atoms with van der Waals surface area (Å²) in [6, 6.07) is 5.82. The van der Waals surface area contributed by atoms with Crippen LogP contribution in [0.1, 0.15) is 16.6 Å². The molecule has 0 saturated carbocycles. The average molecular weight is 299 g/mol. The van der Waals surface area contributed by atoms with Gasteiger partial charge in [0, 0.05) is 21.1 Å². The number of benzene rings is 1. The molecule has 0 aliphatic carbocycles. The van der Waals surface area contributed by atoms with Crippen molar-refractivity contribution in [3.63, 3.8) is 0 Å². The van der Waals surface area contributed by atoms with Gasteiger partial charge in [0.05, 0.1) is 5.69 Å². The number of amides is 1. The minimum absolute atomic E-state index is 0.104. The summed E-state index contributed by atoms with van der Waals surface area (Å²) in [4.78, 5) is 12.3. The maximum absolute atomic E-state index is 11.8. The molecule has 1 amide bonds. The van der Waals surface area contributed by atoms with Gasteiger partial charge < -0.3 is 11.1 Å². The lowest BCUT2D eigenvalue weighted by Gasteiger charge is -2.00. The summed E-state index contributed by atoms with van der Waals surface area (Å²) in [6.45, 7) is 2.49. The molecule has 0 atom stereocenters. The van der Waals surface area contributed by atoms with Gasteiger partial charge in [-0.1, -0.05) is 22.0 Å². The molecule has 3 N–H and O–H groups in total. The van der Waals surface area contributed by atoms with Crippen molar-refractivity contribution in [3.8, 4) is 0 Å². The highest BCUT2D eigenvalue weighted by atomic mass is 79.9. The molecule has 0 fully saturated rings. The molecule has 84 valence electrons. The van der Waals surface area contributed by atoms with E-state index >= 15 is 0 Å². The first-order chi connectivity index (χ1) is 7.65. The first kappa shape index (κ1) is 11.4. The zero-order chi connectivity index (χ0) is 11.7. The summed E-state index contributed by atoms with van der Waals surface area (Å²) >= 11 is 4.86. The van der Waals surface area contributed by atoms with Gasteiger partial charge in [-0.2, -0.15) is 0 Å². The smallest absolute Gasteiger partial charge is 0.263 e. The molecular formula is C11H11BrN2OS. The lowest BCUT2D eigenvalue weighted by Crippen LogP contribution is -2.22. The predicted octanol–water partition coefficient (Wildman–Crippen LogP) is 3.00. The van der Waals surface area contributed by atoms with Gasteiger partial charge in [0.1, 0.15) is 4.88 Å². The van der Waals surface area contributed by atoms with Crippen LogP contribution in [0.3, 0.4) is 0 Å². The lowest BCUT2D eigenvalue weighted by molar-refractivity contribution is 0.0960. The fourth-order valence-electron chi connectivity index (χ4n) is 1.54. The Morgan fingerprint density at radius 3 is 2.94 bits per heavy atom. The van der Waals surface area contributed by atoms with Crippen LogP contribution in [0.2, 0.25) is 0 Å². The molecule has 0 saturated heterocycles. The molecule has 1 heterocycles. The van der Waals surface area contributed by atoms with E-state index in [1.165, 1.54) is 11.3 Å². The van der Waals surface area contributed by atoms with Crippen molar-refractivity contribution in [1.82, 2.24) is 5.32 Å². The van der Waals surface area contributed by atoms with Crippen LogP contribution in [0.4, 0.5) is 5.69 Å². The van der Waals surface area contributed by atoms with Crippen LogP contribution in [0.25, 0.3) is 10.1 Å². The molecule has 0 aliphatic rings. The van der Waals surface area contributed by atoms with Crippen molar-refractivity contribution >= 4 is 48.9 Å². The zero-order valence-electron chi connectivity index (χ0n) is 8.71. The standard InChI is InChI=1S/C11H11BrN2OS/c1-2-14-11(15)10-9(13)8-6(12)4-3-5-7(8)16-10/h3-5H,2,13H2,1H3,(H,14,15). The van der Waals surface area contributed by atoms with Gasteiger partial charge in [-0.25, -0.2) is 0 Å². The number of hydrogen-bond donors (Lipinski definition) is 2. The first-order valence-electron chi connectivity index (χ1n) is 4.89. The van der Waals surface area contributed by atoms with Crippen molar-refractivity contribution < 1.29 is 4.79 Å². The molecule has 0 bridgehead atoms. The van der Waals surface area contributed by atoms with Gasteiger partial charge >= 0.3 is 0 Å². The Morgan fingerprint density at radius 2 is 2.31 bits per heavy atom. The highest BCUT2D eigenvalue weighted by molar-refractivity contribution is 9.10. The SMILES string of the molecule is CCNC(=O)c1sc2cccc(Br)c2c1N. The van der Waals surface area contributed by atoms with Crippen LogP contribution in [-0.2, 0) is 0 Å². The molecule has 2 rings (SSSR count). The largest absolute Gasteiger partial charge is 0.397 e. The van der Waals surface area contributed by atoms with Crippen molar-refractivity contribution in [2.45, 2.75) is 6.92 Å². The minimum atomic E-state index is -0.104. The van der Waals surface area contributed by atoms with E-state index in [1.807, 2.05) is 25.1 Å².